The van der Waals surface area contributed by atoms with Crippen molar-refractivity contribution in [1.82, 2.24) is 69.4 Å². The van der Waals surface area contributed by atoms with Crippen molar-refractivity contribution in [3.8, 4) is 17.7 Å². The Hall–Kier alpha value is -7.42. The predicted molar refractivity (Wildman–Crippen MR) is 350 cm³/mol. The minimum absolute atomic E-state index is 0.202. The Morgan fingerprint density at radius 3 is 1.50 bits per heavy atom. The van der Waals surface area contributed by atoms with Crippen molar-refractivity contribution in [2.75, 3.05) is 181 Å². The van der Waals surface area contributed by atoms with Crippen LogP contribution in [0.4, 0.5) is 17.5 Å². The van der Waals surface area contributed by atoms with Crippen LogP contribution < -0.4 is 14.7 Å². The number of pyridine rings is 3. The first kappa shape index (κ1) is 69.4. The molecule has 11 rings (SSSR count). The van der Waals surface area contributed by atoms with Crippen LogP contribution in [-0.2, 0) is 17.9 Å². The topological polar surface area (TPSA) is 177 Å². The van der Waals surface area contributed by atoms with E-state index in [-0.39, 0.29) is 5.91 Å². The van der Waals surface area contributed by atoms with E-state index in [9.17, 15) is 4.79 Å². The molecule has 5 aromatic heterocycles. The third-order valence-corrected chi connectivity index (χ3v) is 15.2. The first-order valence-corrected chi connectivity index (χ1v) is 31.0. The summed E-state index contributed by atoms with van der Waals surface area (Å²) in [6.45, 7) is 26.9. The number of benzene rings is 2. The highest BCUT2D eigenvalue weighted by atomic mass is 32.2. The molecule has 21 heteroatoms. The monoisotopic (exact) mass is 1190 g/mol. The van der Waals surface area contributed by atoms with Gasteiger partial charge in [0.1, 0.15) is 17.6 Å². The molecule has 0 radical (unpaired) electrons. The maximum absolute atomic E-state index is 10.8. The number of piperazine rings is 4. The molecule has 4 aliphatic heterocycles. The minimum atomic E-state index is 0.202. The van der Waals surface area contributed by atoms with Gasteiger partial charge in [0.2, 0.25) is 11.9 Å². The lowest BCUT2D eigenvalue weighted by atomic mass is 10.1. The zero-order valence-electron chi connectivity index (χ0n) is 52.8. The van der Waals surface area contributed by atoms with Crippen LogP contribution in [0, 0.1) is 11.3 Å². The largest absolute Gasteiger partial charge is 0.410 e. The Morgan fingerprint density at radius 1 is 0.535 bits per heavy atom. The van der Waals surface area contributed by atoms with E-state index in [0.717, 1.165) is 154 Å². The van der Waals surface area contributed by atoms with Crippen LogP contribution >= 0.6 is 11.8 Å². The molecule has 86 heavy (non-hydrogen) atoms. The molecule has 20 nitrogen and oxygen atoms in total. The van der Waals surface area contributed by atoms with E-state index < -0.39 is 0 Å². The molecule has 0 spiro atoms. The second-order valence-corrected chi connectivity index (χ2v) is 22.1. The summed E-state index contributed by atoms with van der Waals surface area (Å²) >= 11 is 1.42. The van der Waals surface area contributed by atoms with Crippen molar-refractivity contribution >= 4 is 35.1 Å². The van der Waals surface area contributed by atoms with Gasteiger partial charge in [0, 0.05) is 162 Å². The molecule has 4 saturated heterocycles. The number of hydrogen-bond donors (Lipinski definition) is 0. The van der Waals surface area contributed by atoms with Gasteiger partial charge in [0.25, 0.3) is 11.1 Å². The Bertz CT molecular complexity index is 2770. The highest BCUT2D eigenvalue weighted by Gasteiger charge is 2.19. The summed E-state index contributed by atoms with van der Waals surface area (Å²) in [5.41, 5.74) is 5.27. The minimum Gasteiger partial charge on any atom is -0.410 e. The van der Waals surface area contributed by atoms with Crippen molar-refractivity contribution in [3.63, 3.8) is 0 Å². The third kappa shape index (κ3) is 26.5. The molecule has 0 unspecified atom stereocenters. The first-order chi connectivity index (χ1) is 41.8. The smallest absolute Gasteiger partial charge is 0.276 e. The van der Waals surface area contributed by atoms with Crippen LogP contribution in [0.5, 0.6) is 0 Å². The van der Waals surface area contributed by atoms with Gasteiger partial charge in [-0.2, -0.15) is 5.26 Å². The molecule has 4 aliphatic rings. The fraction of sp³-hybridized carbons (Fsp3) is 0.462. The summed E-state index contributed by atoms with van der Waals surface area (Å²) < 4.78 is 5.30. The number of hydrogen-bond acceptors (Lipinski definition) is 20. The Labute approximate surface area is 517 Å². The zero-order valence-corrected chi connectivity index (χ0v) is 53.6. The number of rotatable bonds is 11. The lowest BCUT2D eigenvalue weighted by Crippen LogP contribution is -2.46. The van der Waals surface area contributed by atoms with Gasteiger partial charge in [-0.1, -0.05) is 80.2 Å². The molecule has 0 bridgehead atoms. The molecular formula is C65H94N18O2S. The van der Waals surface area contributed by atoms with Gasteiger partial charge in [0.05, 0.1) is 11.3 Å². The van der Waals surface area contributed by atoms with E-state index in [1.807, 2.05) is 103 Å². The van der Waals surface area contributed by atoms with Gasteiger partial charge < -0.3 is 53.4 Å². The van der Waals surface area contributed by atoms with E-state index in [1.165, 1.54) is 22.9 Å². The van der Waals surface area contributed by atoms with Crippen LogP contribution in [0.15, 0.2) is 156 Å². The van der Waals surface area contributed by atoms with Crippen molar-refractivity contribution < 1.29 is 9.21 Å². The fourth-order valence-electron chi connectivity index (χ4n) is 8.85. The average molecular weight is 1190 g/mol. The van der Waals surface area contributed by atoms with Crippen molar-refractivity contribution in [2.24, 2.45) is 0 Å². The Balaban J connectivity index is 0.000000184. The Kier molecular flexibility index (Phi) is 32.3. The zero-order chi connectivity index (χ0) is 61.7. The lowest BCUT2D eigenvalue weighted by molar-refractivity contribution is -0.130. The summed E-state index contributed by atoms with van der Waals surface area (Å²) in [6, 6.07) is 38.2. The number of aromatic nitrogens is 7. The van der Waals surface area contributed by atoms with Gasteiger partial charge in [-0.15, -0.1) is 10.2 Å². The number of nitrogens with zero attached hydrogens (tertiary/aromatic N) is 18. The van der Waals surface area contributed by atoms with Crippen molar-refractivity contribution in [1.29, 1.82) is 5.26 Å². The number of para-hydroxylation sites is 1. The van der Waals surface area contributed by atoms with Crippen LogP contribution in [0.3, 0.4) is 0 Å². The van der Waals surface area contributed by atoms with E-state index in [2.05, 4.69) is 178 Å². The number of thioether (sulfide) groups is 1. The highest BCUT2D eigenvalue weighted by molar-refractivity contribution is 7.98. The Morgan fingerprint density at radius 2 is 1.01 bits per heavy atom. The molecule has 2 aromatic carbocycles. The van der Waals surface area contributed by atoms with E-state index in [1.54, 1.807) is 25.5 Å². The van der Waals surface area contributed by atoms with Gasteiger partial charge in [0.15, 0.2) is 0 Å². The van der Waals surface area contributed by atoms with Gasteiger partial charge in [-0.25, -0.2) is 15.0 Å². The second kappa shape index (κ2) is 40.1. The summed E-state index contributed by atoms with van der Waals surface area (Å²) in [4.78, 5) is 54.1. The number of carbonyl (C=O) groups is 1. The summed E-state index contributed by atoms with van der Waals surface area (Å²) in [5.74, 6) is 2.63. The summed E-state index contributed by atoms with van der Waals surface area (Å²) in [6.07, 6.45) is 12.7. The standard InChI is InChI=1S/C12H15N3.C10H15N3.C10H15N.C9H14N4.C9H14N2.C8H7N3OS.C7H14N2O/c1-14-6-8-15(9-7-14)12-5-3-2-4-11(12)10-13;1-12-6-8-13(9-7-12)10-4-2-3-5-11-10;1-3-11(2)9-10-7-5-4-6-8-10;1-12-5-7-13(8-6-12)9-10-3-2-4-11-9;1-3-11(2)8-9-4-6-10-7-5-9;1-13-8-11-10-7(12-8)6-4-2-3-5-9-6;1-7(10)9-5-3-8(2)4-6-9/h2-5H,6-9H2,1H3;2-5H,6-9H2,1H3;4-8H,3,9H2,1-2H3;2-4H,5-8H2,1H3;4-7H,3,8H2,1-2H3;2-5H,1H3;3-6H2,1-2H3. The lowest BCUT2D eigenvalue weighted by Gasteiger charge is -2.34. The molecular weight excluding hydrogens is 1100 g/mol. The van der Waals surface area contributed by atoms with E-state index in [4.69, 9.17) is 9.68 Å². The number of anilines is 3. The second-order valence-electron chi connectivity index (χ2n) is 21.3. The molecule has 0 saturated carbocycles. The van der Waals surface area contributed by atoms with Gasteiger partial charge in [-0.05, 0) is 127 Å². The van der Waals surface area contributed by atoms with E-state index in [0.29, 0.717) is 16.8 Å². The predicted octanol–water partition coefficient (Wildman–Crippen LogP) is 7.68. The molecule has 4 fully saturated rings. The normalized spacial score (nSPS) is 15.5. The average Bonchev–Trinajstić information content (AvgIpc) is 4.21. The van der Waals surface area contributed by atoms with Crippen molar-refractivity contribution in [2.45, 2.75) is 39.1 Å². The molecule has 462 valence electrons. The van der Waals surface area contributed by atoms with Crippen molar-refractivity contribution in [3.05, 3.63) is 163 Å². The van der Waals surface area contributed by atoms with Gasteiger partial charge in [-0.3, -0.25) is 14.8 Å². The van der Waals surface area contributed by atoms with Crippen LogP contribution in [0.2, 0.25) is 0 Å². The molecule has 1 amide bonds. The number of amides is 1. The molecule has 0 atom stereocenters. The maximum atomic E-state index is 10.8. The van der Waals surface area contributed by atoms with E-state index >= 15 is 0 Å². The van der Waals surface area contributed by atoms with Crippen LogP contribution in [0.1, 0.15) is 37.5 Å². The fourth-order valence-corrected chi connectivity index (χ4v) is 9.14. The van der Waals surface area contributed by atoms with Gasteiger partial charge >= 0.3 is 0 Å². The highest BCUT2D eigenvalue weighted by Crippen LogP contribution is 2.21. The molecule has 0 aliphatic carbocycles. The quantitative estimate of drug-likeness (QED) is 0.115. The SMILES string of the molecule is CC(=O)N1CCN(C)CC1.CCN(C)Cc1ccccc1.CCN(C)Cc1ccncc1.CN1CCN(c2ccccc2C#N)CC1.CN1CCN(c2ccccn2)CC1.CN1CCN(c2ncccn2)CC1.CSc1nnc(-c2ccccn2)o1. The summed E-state index contributed by atoms with van der Waals surface area (Å²) in [7, 11) is 12.8. The number of likely N-dealkylation sites (N-methyl/N-ethyl adjacent to an activating group) is 4. The third-order valence-electron chi connectivity index (χ3n) is 14.7. The first-order valence-electron chi connectivity index (χ1n) is 29.8. The molecule has 7 aromatic rings. The maximum Gasteiger partial charge on any atom is 0.276 e. The summed E-state index contributed by atoms with van der Waals surface area (Å²) in [5, 5.41) is 17.2. The van der Waals surface area contributed by atoms with Crippen LogP contribution in [0.25, 0.3) is 11.6 Å². The number of nitriles is 1. The molecule has 0 N–H and O–H groups in total. The molecule has 9 heterocycles. The number of carbonyl (C=O) groups excluding carboxylic acids is 1. The van der Waals surface area contributed by atoms with Crippen LogP contribution in [-0.4, -0.2) is 242 Å².